The standard InChI is InChI=1S/C21H22N4OS/c1-21(2,3)13-9-10-15-16(11-13)27-19-17(15)18(26)25(14-7-5-4-6-8-14)20-23-22-12-24(19)20/h4-8,12-13H,9-11H2,1-3H3. The van der Waals surface area contributed by atoms with Gasteiger partial charge in [0.05, 0.1) is 11.1 Å². The van der Waals surface area contributed by atoms with Crippen LogP contribution in [0.4, 0.5) is 0 Å². The van der Waals surface area contributed by atoms with Crippen molar-refractivity contribution in [2.24, 2.45) is 11.3 Å². The molecule has 5 nitrogen and oxygen atoms in total. The zero-order valence-electron chi connectivity index (χ0n) is 15.8. The quantitative estimate of drug-likeness (QED) is 0.498. The molecule has 0 bridgehead atoms. The van der Waals surface area contributed by atoms with E-state index in [1.165, 1.54) is 10.4 Å². The lowest BCUT2D eigenvalue weighted by molar-refractivity contribution is 0.218. The number of fused-ring (bicyclic) bond motifs is 5. The Balaban J connectivity index is 1.82. The van der Waals surface area contributed by atoms with Crippen molar-refractivity contribution in [2.75, 3.05) is 0 Å². The normalized spacial score (nSPS) is 17.5. The minimum absolute atomic E-state index is 0.0170. The van der Waals surface area contributed by atoms with Gasteiger partial charge in [-0.15, -0.1) is 21.5 Å². The molecule has 1 aromatic carbocycles. The number of aryl methyl sites for hydroxylation is 1. The summed E-state index contributed by atoms with van der Waals surface area (Å²) in [4.78, 5) is 15.9. The van der Waals surface area contributed by atoms with Crippen LogP contribution >= 0.6 is 11.3 Å². The van der Waals surface area contributed by atoms with Gasteiger partial charge in [0, 0.05) is 4.88 Å². The van der Waals surface area contributed by atoms with Crippen LogP contribution in [0.25, 0.3) is 21.7 Å². The topological polar surface area (TPSA) is 52.2 Å². The van der Waals surface area contributed by atoms with Crippen LogP contribution in [0.5, 0.6) is 0 Å². The molecule has 0 fully saturated rings. The molecule has 27 heavy (non-hydrogen) atoms. The summed E-state index contributed by atoms with van der Waals surface area (Å²) < 4.78 is 3.66. The second kappa shape index (κ2) is 5.76. The number of benzene rings is 1. The molecule has 138 valence electrons. The van der Waals surface area contributed by atoms with Crippen LogP contribution < -0.4 is 5.56 Å². The molecule has 1 aliphatic rings. The molecule has 1 atom stereocenters. The summed E-state index contributed by atoms with van der Waals surface area (Å²) in [5, 5.41) is 9.19. The molecule has 0 saturated carbocycles. The first kappa shape index (κ1) is 16.7. The Morgan fingerprint density at radius 2 is 1.96 bits per heavy atom. The first-order valence-electron chi connectivity index (χ1n) is 9.39. The average Bonchev–Trinajstić information content (AvgIpc) is 3.25. The van der Waals surface area contributed by atoms with Crippen molar-refractivity contribution >= 4 is 27.3 Å². The number of hydrogen-bond acceptors (Lipinski definition) is 4. The van der Waals surface area contributed by atoms with E-state index in [-0.39, 0.29) is 11.0 Å². The van der Waals surface area contributed by atoms with Gasteiger partial charge in [-0.1, -0.05) is 39.0 Å². The highest BCUT2D eigenvalue weighted by atomic mass is 32.1. The van der Waals surface area contributed by atoms with Crippen molar-refractivity contribution in [3.8, 4) is 5.69 Å². The summed E-state index contributed by atoms with van der Waals surface area (Å²) in [5.41, 5.74) is 2.36. The summed E-state index contributed by atoms with van der Waals surface area (Å²) in [6, 6.07) is 9.71. The first-order chi connectivity index (χ1) is 12.9. The van der Waals surface area contributed by atoms with Gasteiger partial charge in [-0.3, -0.25) is 9.20 Å². The fraction of sp³-hybridized carbons (Fsp3) is 0.381. The number of aromatic nitrogens is 4. The monoisotopic (exact) mass is 378 g/mol. The Bertz CT molecular complexity index is 1210. The highest BCUT2D eigenvalue weighted by Crippen LogP contribution is 2.42. The molecular formula is C21H22N4OS. The van der Waals surface area contributed by atoms with E-state index >= 15 is 0 Å². The highest BCUT2D eigenvalue weighted by molar-refractivity contribution is 7.18. The Hall–Kier alpha value is -2.47. The van der Waals surface area contributed by atoms with E-state index in [1.54, 1.807) is 22.2 Å². The van der Waals surface area contributed by atoms with Crippen molar-refractivity contribution in [1.29, 1.82) is 0 Å². The van der Waals surface area contributed by atoms with Crippen molar-refractivity contribution in [1.82, 2.24) is 19.2 Å². The third-order valence-electron chi connectivity index (χ3n) is 5.85. The molecule has 3 heterocycles. The minimum atomic E-state index is 0.0170. The number of hydrogen-bond donors (Lipinski definition) is 0. The van der Waals surface area contributed by atoms with E-state index < -0.39 is 0 Å². The maximum Gasteiger partial charge on any atom is 0.268 e. The molecule has 6 heteroatoms. The zero-order valence-corrected chi connectivity index (χ0v) is 16.6. The lowest BCUT2D eigenvalue weighted by atomic mass is 9.72. The van der Waals surface area contributed by atoms with Crippen LogP contribution in [0, 0.1) is 11.3 Å². The van der Waals surface area contributed by atoms with Gasteiger partial charge < -0.3 is 0 Å². The maximum atomic E-state index is 13.5. The van der Waals surface area contributed by atoms with E-state index in [9.17, 15) is 4.79 Å². The fourth-order valence-corrected chi connectivity index (χ4v) is 5.62. The number of nitrogens with zero attached hydrogens (tertiary/aromatic N) is 4. The minimum Gasteiger partial charge on any atom is -0.268 e. The molecule has 0 radical (unpaired) electrons. The van der Waals surface area contributed by atoms with Crippen LogP contribution in [0.2, 0.25) is 0 Å². The molecule has 0 N–H and O–H groups in total. The maximum absolute atomic E-state index is 13.5. The molecule has 0 amide bonds. The highest BCUT2D eigenvalue weighted by Gasteiger charge is 2.32. The second-order valence-electron chi connectivity index (χ2n) is 8.47. The molecular weight excluding hydrogens is 356 g/mol. The summed E-state index contributed by atoms with van der Waals surface area (Å²) >= 11 is 1.74. The van der Waals surface area contributed by atoms with E-state index in [0.717, 1.165) is 35.2 Å². The number of para-hydroxylation sites is 1. The molecule has 1 unspecified atom stereocenters. The predicted octanol–water partition coefficient (Wildman–Crippen LogP) is 4.25. The van der Waals surface area contributed by atoms with E-state index in [2.05, 4.69) is 31.0 Å². The Kier molecular flexibility index (Phi) is 3.56. The van der Waals surface area contributed by atoms with Gasteiger partial charge >= 0.3 is 0 Å². The van der Waals surface area contributed by atoms with Gasteiger partial charge in [0.25, 0.3) is 5.56 Å². The van der Waals surface area contributed by atoms with Crippen LogP contribution in [0.15, 0.2) is 41.5 Å². The SMILES string of the molecule is CC(C)(C)C1CCc2c(sc3c2c(=O)n(-c2ccccc2)c2nncn32)C1. The predicted molar refractivity (Wildman–Crippen MR) is 109 cm³/mol. The summed E-state index contributed by atoms with van der Waals surface area (Å²) in [5.74, 6) is 1.22. The van der Waals surface area contributed by atoms with Crippen molar-refractivity contribution in [2.45, 2.75) is 40.0 Å². The van der Waals surface area contributed by atoms with E-state index in [1.807, 2.05) is 34.7 Å². The number of rotatable bonds is 1. The first-order valence-corrected chi connectivity index (χ1v) is 10.2. The summed E-state index contributed by atoms with van der Waals surface area (Å²) in [6.45, 7) is 6.95. The van der Waals surface area contributed by atoms with Gasteiger partial charge in [-0.05, 0) is 48.3 Å². The smallest absolute Gasteiger partial charge is 0.268 e. The van der Waals surface area contributed by atoms with Gasteiger partial charge in [0.2, 0.25) is 5.78 Å². The van der Waals surface area contributed by atoms with Gasteiger partial charge in [0.1, 0.15) is 11.2 Å². The van der Waals surface area contributed by atoms with Gasteiger partial charge in [0.15, 0.2) is 0 Å². The lowest BCUT2D eigenvalue weighted by Gasteiger charge is -2.33. The zero-order chi connectivity index (χ0) is 18.8. The molecule has 0 aliphatic heterocycles. The second-order valence-corrected chi connectivity index (χ2v) is 9.55. The molecule has 1 aliphatic carbocycles. The van der Waals surface area contributed by atoms with Crippen LogP contribution in [0.1, 0.15) is 37.6 Å². The Morgan fingerprint density at radius 3 is 2.70 bits per heavy atom. The van der Waals surface area contributed by atoms with Crippen molar-refractivity contribution in [3.63, 3.8) is 0 Å². The molecule has 4 aromatic rings. The number of thiophene rings is 1. The molecule has 0 spiro atoms. The average molecular weight is 379 g/mol. The van der Waals surface area contributed by atoms with Crippen LogP contribution in [-0.4, -0.2) is 19.2 Å². The third kappa shape index (κ3) is 2.46. The Morgan fingerprint density at radius 1 is 1.19 bits per heavy atom. The molecule has 0 saturated heterocycles. The molecule has 5 rings (SSSR count). The van der Waals surface area contributed by atoms with Crippen molar-refractivity contribution < 1.29 is 0 Å². The van der Waals surface area contributed by atoms with Gasteiger partial charge in [-0.25, -0.2) is 4.57 Å². The summed E-state index contributed by atoms with van der Waals surface area (Å²) in [6.07, 6.45) is 4.87. The largest absolute Gasteiger partial charge is 0.268 e. The van der Waals surface area contributed by atoms with Crippen molar-refractivity contribution in [3.05, 3.63) is 57.5 Å². The Labute approximate surface area is 161 Å². The van der Waals surface area contributed by atoms with Gasteiger partial charge in [-0.2, -0.15) is 0 Å². The van der Waals surface area contributed by atoms with E-state index in [0.29, 0.717) is 11.7 Å². The fourth-order valence-electron chi connectivity index (χ4n) is 4.24. The summed E-state index contributed by atoms with van der Waals surface area (Å²) in [7, 11) is 0. The van der Waals surface area contributed by atoms with E-state index in [4.69, 9.17) is 0 Å². The third-order valence-corrected chi connectivity index (χ3v) is 7.10. The van der Waals surface area contributed by atoms with Crippen LogP contribution in [-0.2, 0) is 12.8 Å². The van der Waals surface area contributed by atoms with Crippen LogP contribution in [0.3, 0.4) is 0 Å². The lowest BCUT2D eigenvalue weighted by Crippen LogP contribution is -2.27. The molecule has 3 aromatic heterocycles.